The monoisotopic (exact) mass is 386 g/mol. The van der Waals surface area contributed by atoms with Crippen LogP contribution < -0.4 is 16.4 Å². The molecule has 3 amide bonds. The predicted molar refractivity (Wildman–Crippen MR) is 106 cm³/mol. The Hall–Kier alpha value is -2.71. The van der Waals surface area contributed by atoms with Crippen molar-refractivity contribution in [3.63, 3.8) is 0 Å². The lowest BCUT2D eigenvalue weighted by atomic mass is 9.97. The molecule has 1 atom stereocenters. The molecular weight excluding hydrogens is 364 g/mol. The molecule has 4 N–H and O–H groups in total. The zero-order valence-electron chi connectivity index (χ0n) is 14.8. The van der Waals surface area contributed by atoms with Gasteiger partial charge in [0.25, 0.3) is 5.91 Å². The van der Waals surface area contributed by atoms with E-state index < -0.39 is 5.91 Å². The molecule has 8 heteroatoms. The summed E-state index contributed by atoms with van der Waals surface area (Å²) in [6.07, 6.45) is 1.65. The van der Waals surface area contributed by atoms with Crippen LogP contribution in [0.5, 0.6) is 0 Å². The molecule has 2 aromatic rings. The summed E-state index contributed by atoms with van der Waals surface area (Å²) in [5.74, 6) is -0.971. The molecule has 1 saturated heterocycles. The maximum absolute atomic E-state index is 12.5. The second-order valence-corrected chi connectivity index (χ2v) is 7.42. The number of anilines is 2. The van der Waals surface area contributed by atoms with Crippen molar-refractivity contribution < 1.29 is 14.4 Å². The fourth-order valence-electron chi connectivity index (χ4n) is 3.15. The molecule has 27 heavy (non-hydrogen) atoms. The Morgan fingerprint density at radius 2 is 1.93 bits per heavy atom. The highest BCUT2D eigenvalue weighted by atomic mass is 32.1. The van der Waals surface area contributed by atoms with Crippen LogP contribution in [0.1, 0.15) is 23.2 Å². The zero-order valence-corrected chi connectivity index (χ0v) is 15.6. The Morgan fingerprint density at radius 3 is 2.67 bits per heavy atom. The molecule has 2 heterocycles. The van der Waals surface area contributed by atoms with Crippen molar-refractivity contribution >= 4 is 39.7 Å². The first-order valence-corrected chi connectivity index (χ1v) is 9.66. The van der Waals surface area contributed by atoms with Crippen LogP contribution in [0.25, 0.3) is 0 Å². The van der Waals surface area contributed by atoms with Gasteiger partial charge >= 0.3 is 0 Å². The third-order valence-corrected chi connectivity index (χ3v) is 5.30. The van der Waals surface area contributed by atoms with Gasteiger partial charge in [-0.3, -0.25) is 19.3 Å². The molecule has 1 aromatic heterocycles. The van der Waals surface area contributed by atoms with Crippen LogP contribution >= 0.6 is 11.3 Å². The number of nitrogens with zero attached hydrogens (tertiary/aromatic N) is 1. The Bertz CT molecular complexity index is 821. The van der Waals surface area contributed by atoms with Gasteiger partial charge in [-0.2, -0.15) is 0 Å². The van der Waals surface area contributed by atoms with E-state index in [9.17, 15) is 14.4 Å². The second kappa shape index (κ2) is 8.79. The number of hydrogen-bond acceptors (Lipinski definition) is 5. The van der Waals surface area contributed by atoms with E-state index in [-0.39, 0.29) is 24.3 Å². The van der Waals surface area contributed by atoms with Crippen molar-refractivity contribution in [3.05, 3.63) is 47.3 Å². The van der Waals surface area contributed by atoms with Crippen molar-refractivity contribution in [1.29, 1.82) is 0 Å². The third-order valence-electron chi connectivity index (χ3n) is 4.47. The van der Waals surface area contributed by atoms with Gasteiger partial charge < -0.3 is 16.4 Å². The van der Waals surface area contributed by atoms with Gasteiger partial charge in [0, 0.05) is 12.2 Å². The molecule has 7 nitrogen and oxygen atoms in total. The number of amides is 3. The molecule has 1 aromatic carbocycles. The fraction of sp³-hybridized carbons (Fsp3) is 0.316. The van der Waals surface area contributed by atoms with Crippen LogP contribution in [0.3, 0.4) is 0 Å². The van der Waals surface area contributed by atoms with Gasteiger partial charge in [-0.25, -0.2) is 0 Å². The van der Waals surface area contributed by atoms with Crippen molar-refractivity contribution in [2.75, 3.05) is 30.3 Å². The van der Waals surface area contributed by atoms with E-state index in [2.05, 4.69) is 10.6 Å². The third kappa shape index (κ3) is 5.15. The number of hydrogen-bond donors (Lipinski definition) is 3. The molecule has 0 aliphatic carbocycles. The Labute approximate surface area is 161 Å². The van der Waals surface area contributed by atoms with Gasteiger partial charge in [-0.15, -0.1) is 11.3 Å². The normalized spacial score (nSPS) is 17.3. The minimum Gasteiger partial charge on any atom is -0.366 e. The van der Waals surface area contributed by atoms with Crippen LogP contribution in [0.4, 0.5) is 10.7 Å². The lowest BCUT2D eigenvalue weighted by Crippen LogP contribution is -2.44. The number of benzene rings is 1. The smallest absolute Gasteiger partial charge is 0.251 e. The number of carbonyl (C=O) groups is 3. The number of thiophene rings is 1. The molecule has 1 fully saturated rings. The Balaban J connectivity index is 1.53. The summed E-state index contributed by atoms with van der Waals surface area (Å²) >= 11 is 1.26. The number of piperidine rings is 1. The molecule has 0 bridgehead atoms. The Kier molecular flexibility index (Phi) is 6.20. The standard InChI is InChI=1S/C19H22N4O3S/c20-17(25)15-8-10-27-19(15)22-16(24)12-23-9-4-5-13(11-23)18(26)21-14-6-2-1-3-7-14/h1-3,6-8,10,13H,4-5,9,11-12H2,(H2,20,25)(H,21,26)(H,22,24)/t13-/m1/s1. The molecule has 0 saturated carbocycles. The minimum absolute atomic E-state index is 0.0272. The fourth-order valence-corrected chi connectivity index (χ4v) is 3.96. The van der Waals surface area contributed by atoms with Crippen LogP contribution in [-0.4, -0.2) is 42.3 Å². The topological polar surface area (TPSA) is 105 Å². The molecular formula is C19H22N4O3S. The number of rotatable bonds is 6. The van der Waals surface area contributed by atoms with Crippen LogP contribution in [0, 0.1) is 5.92 Å². The number of likely N-dealkylation sites (tertiary alicyclic amines) is 1. The van der Waals surface area contributed by atoms with Crippen LogP contribution in [0.2, 0.25) is 0 Å². The van der Waals surface area contributed by atoms with E-state index >= 15 is 0 Å². The number of para-hydroxylation sites is 1. The van der Waals surface area contributed by atoms with E-state index in [1.165, 1.54) is 11.3 Å². The predicted octanol–water partition coefficient (Wildman–Crippen LogP) is 2.14. The molecule has 1 aliphatic rings. The van der Waals surface area contributed by atoms with Gasteiger partial charge in [0.2, 0.25) is 11.8 Å². The number of carbonyl (C=O) groups excluding carboxylic acids is 3. The van der Waals surface area contributed by atoms with Crippen molar-refractivity contribution in [1.82, 2.24) is 4.90 Å². The van der Waals surface area contributed by atoms with Gasteiger partial charge in [-0.1, -0.05) is 18.2 Å². The highest BCUT2D eigenvalue weighted by Crippen LogP contribution is 2.23. The van der Waals surface area contributed by atoms with Gasteiger partial charge in [0.05, 0.1) is 18.0 Å². The summed E-state index contributed by atoms with van der Waals surface area (Å²) in [5.41, 5.74) is 6.38. The van der Waals surface area contributed by atoms with Crippen LogP contribution in [-0.2, 0) is 9.59 Å². The zero-order chi connectivity index (χ0) is 19.2. The average molecular weight is 386 g/mol. The number of nitrogens with one attached hydrogen (secondary N) is 2. The van der Waals surface area contributed by atoms with E-state index in [4.69, 9.17) is 5.73 Å². The highest BCUT2D eigenvalue weighted by Gasteiger charge is 2.27. The van der Waals surface area contributed by atoms with Gasteiger partial charge in [-0.05, 0) is 43.0 Å². The van der Waals surface area contributed by atoms with Gasteiger partial charge in [0.1, 0.15) is 5.00 Å². The van der Waals surface area contributed by atoms with E-state index in [0.717, 1.165) is 25.1 Å². The molecule has 1 aliphatic heterocycles. The molecule has 0 unspecified atom stereocenters. The first-order valence-electron chi connectivity index (χ1n) is 8.78. The average Bonchev–Trinajstić information content (AvgIpc) is 3.11. The Morgan fingerprint density at radius 1 is 1.15 bits per heavy atom. The van der Waals surface area contributed by atoms with Crippen molar-refractivity contribution in [3.8, 4) is 0 Å². The number of nitrogens with two attached hydrogens (primary N) is 1. The molecule has 0 radical (unpaired) electrons. The summed E-state index contributed by atoms with van der Waals surface area (Å²) in [4.78, 5) is 38.1. The summed E-state index contributed by atoms with van der Waals surface area (Å²) in [7, 11) is 0. The highest BCUT2D eigenvalue weighted by molar-refractivity contribution is 7.14. The maximum atomic E-state index is 12.5. The van der Waals surface area contributed by atoms with Crippen LogP contribution in [0.15, 0.2) is 41.8 Å². The van der Waals surface area contributed by atoms with Crippen molar-refractivity contribution in [2.24, 2.45) is 11.7 Å². The summed E-state index contributed by atoms with van der Waals surface area (Å²) in [5, 5.41) is 7.84. The van der Waals surface area contributed by atoms with Gasteiger partial charge in [0.15, 0.2) is 0 Å². The molecule has 0 spiro atoms. The number of primary amides is 1. The largest absolute Gasteiger partial charge is 0.366 e. The quantitative estimate of drug-likeness (QED) is 0.707. The molecule has 142 valence electrons. The summed E-state index contributed by atoms with van der Waals surface area (Å²) in [6, 6.07) is 10.9. The summed E-state index contributed by atoms with van der Waals surface area (Å²) < 4.78 is 0. The first-order chi connectivity index (χ1) is 13.0. The summed E-state index contributed by atoms with van der Waals surface area (Å²) in [6.45, 7) is 1.46. The SMILES string of the molecule is NC(=O)c1ccsc1NC(=O)CN1CCC[C@@H](C(=O)Nc2ccccc2)C1. The molecule has 3 rings (SSSR count). The van der Waals surface area contributed by atoms with E-state index in [0.29, 0.717) is 17.1 Å². The maximum Gasteiger partial charge on any atom is 0.251 e. The van der Waals surface area contributed by atoms with E-state index in [1.54, 1.807) is 11.4 Å². The lowest BCUT2D eigenvalue weighted by molar-refractivity contribution is -0.123. The minimum atomic E-state index is -0.567. The van der Waals surface area contributed by atoms with E-state index in [1.807, 2.05) is 35.2 Å². The van der Waals surface area contributed by atoms with Crippen molar-refractivity contribution in [2.45, 2.75) is 12.8 Å². The first kappa shape index (κ1) is 19.1. The lowest BCUT2D eigenvalue weighted by Gasteiger charge is -2.31. The second-order valence-electron chi connectivity index (χ2n) is 6.51.